The molecule has 0 spiro atoms. The summed E-state index contributed by atoms with van der Waals surface area (Å²) >= 11 is 7.02. The molecule has 19 heavy (non-hydrogen) atoms. The van der Waals surface area contributed by atoms with Crippen LogP contribution in [0.15, 0.2) is 51.4 Å². The first-order valence-corrected chi connectivity index (χ1v) is 7.52. The summed E-state index contributed by atoms with van der Waals surface area (Å²) in [5.41, 5.74) is 8.56. The molecule has 2 aromatic rings. The van der Waals surface area contributed by atoms with Gasteiger partial charge in [-0.2, -0.15) is 0 Å². The Hall–Kier alpha value is -0.840. The van der Waals surface area contributed by atoms with Crippen molar-refractivity contribution in [1.29, 1.82) is 0 Å². The second kappa shape index (κ2) is 6.55. The van der Waals surface area contributed by atoms with Gasteiger partial charge in [-0.15, -0.1) is 0 Å². The van der Waals surface area contributed by atoms with Crippen LogP contribution in [0.4, 0.5) is 0 Å². The number of methoxy groups -OCH3 is 1. The van der Waals surface area contributed by atoms with Gasteiger partial charge in [-0.05, 0) is 47.9 Å². The van der Waals surface area contributed by atoms with Crippen molar-refractivity contribution in [3.05, 3.63) is 62.5 Å². The van der Waals surface area contributed by atoms with Crippen LogP contribution in [-0.2, 0) is 6.42 Å². The molecule has 2 rings (SSSR count). The van der Waals surface area contributed by atoms with Gasteiger partial charge in [0.15, 0.2) is 0 Å². The first kappa shape index (κ1) is 14.6. The van der Waals surface area contributed by atoms with E-state index in [-0.39, 0.29) is 6.04 Å². The molecule has 1 unspecified atom stereocenters. The second-order valence-electron chi connectivity index (χ2n) is 4.33. The number of nitrogens with two attached hydrogens (primary N) is 1. The summed E-state index contributed by atoms with van der Waals surface area (Å²) in [6, 6.07) is 14.0. The molecular formula is C15H15Br2NO. The lowest BCUT2D eigenvalue weighted by atomic mass is 10.00. The van der Waals surface area contributed by atoms with E-state index in [1.165, 1.54) is 5.56 Å². The SMILES string of the molecule is COc1cccc(CC(N)c2cc(Br)ccc2Br)c1. The largest absolute Gasteiger partial charge is 0.497 e. The normalized spacial score (nSPS) is 12.2. The van der Waals surface area contributed by atoms with E-state index in [0.717, 1.165) is 26.7 Å². The Morgan fingerprint density at radius 3 is 2.68 bits per heavy atom. The van der Waals surface area contributed by atoms with E-state index in [2.05, 4.69) is 44.0 Å². The van der Waals surface area contributed by atoms with Crippen molar-refractivity contribution in [1.82, 2.24) is 0 Å². The van der Waals surface area contributed by atoms with Gasteiger partial charge in [0.2, 0.25) is 0 Å². The predicted octanol–water partition coefficient (Wildman–Crippen LogP) is 4.46. The summed E-state index contributed by atoms with van der Waals surface area (Å²) in [7, 11) is 1.67. The number of hydrogen-bond acceptors (Lipinski definition) is 2. The minimum absolute atomic E-state index is 0.0565. The molecule has 4 heteroatoms. The lowest BCUT2D eigenvalue weighted by molar-refractivity contribution is 0.414. The molecule has 0 radical (unpaired) electrons. The number of ether oxygens (including phenoxy) is 1. The van der Waals surface area contributed by atoms with Gasteiger partial charge in [-0.3, -0.25) is 0 Å². The Kier molecular flexibility index (Phi) is 5.02. The quantitative estimate of drug-likeness (QED) is 0.844. The van der Waals surface area contributed by atoms with Gasteiger partial charge in [0, 0.05) is 15.0 Å². The van der Waals surface area contributed by atoms with E-state index in [1.807, 2.05) is 30.3 Å². The Bertz CT molecular complexity index is 572. The Morgan fingerprint density at radius 2 is 1.95 bits per heavy atom. The van der Waals surface area contributed by atoms with Crippen LogP contribution in [0.3, 0.4) is 0 Å². The standard InChI is InChI=1S/C15H15Br2NO/c1-19-12-4-2-3-10(7-12)8-15(18)13-9-11(16)5-6-14(13)17/h2-7,9,15H,8,18H2,1H3. The van der Waals surface area contributed by atoms with Crippen LogP contribution in [-0.4, -0.2) is 7.11 Å². The van der Waals surface area contributed by atoms with E-state index in [9.17, 15) is 0 Å². The maximum atomic E-state index is 6.30. The zero-order chi connectivity index (χ0) is 13.8. The maximum absolute atomic E-state index is 6.30. The smallest absolute Gasteiger partial charge is 0.119 e. The summed E-state index contributed by atoms with van der Waals surface area (Å²) in [5.74, 6) is 0.859. The Morgan fingerprint density at radius 1 is 1.16 bits per heavy atom. The van der Waals surface area contributed by atoms with Crippen molar-refractivity contribution in [2.24, 2.45) is 5.73 Å². The molecule has 0 aliphatic heterocycles. The van der Waals surface area contributed by atoms with E-state index >= 15 is 0 Å². The molecule has 2 nitrogen and oxygen atoms in total. The molecule has 0 saturated carbocycles. The molecule has 2 N–H and O–H groups in total. The molecule has 0 amide bonds. The van der Waals surface area contributed by atoms with Gasteiger partial charge in [0.25, 0.3) is 0 Å². The molecule has 2 aromatic carbocycles. The van der Waals surface area contributed by atoms with E-state index in [0.29, 0.717) is 0 Å². The molecule has 0 aromatic heterocycles. The maximum Gasteiger partial charge on any atom is 0.119 e. The number of hydrogen-bond donors (Lipinski definition) is 1. The van der Waals surface area contributed by atoms with Crippen molar-refractivity contribution in [3.8, 4) is 5.75 Å². The molecule has 0 bridgehead atoms. The number of benzene rings is 2. The highest BCUT2D eigenvalue weighted by atomic mass is 79.9. The number of rotatable bonds is 4. The molecule has 0 aliphatic rings. The fourth-order valence-electron chi connectivity index (χ4n) is 1.96. The summed E-state index contributed by atoms with van der Waals surface area (Å²) in [6.45, 7) is 0. The average molecular weight is 385 g/mol. The highest BCUT2D eigenvalue weighted by molar-refractivity contribution is 9.11. The van der Waals surface area contributed by atoms with E-state index in [1.54, 1.807) is 7.11 Å². The van der Waals surface area contributed by atoms with Crippen molar-refractivity contribution in [2.75, 3.05) is 7.11 Å². The minimum atomic E-state index is -0.0565. The first-order chi connectivity index (χ1) is 9.10. The molecule has 0 heterocycles. The van der Waals surface area contributed by atoms with Gasteiger partial charge in [0.1, 0.15) is 5.75 Å². The van der Waals surface area contributed by atoms with Crippen LogP contribution in [0, 0.1) is 0 Å². The zero-order valence-electron chi connectivity index (χ0n) is 10.6. The fourth-order valence-corrected chi connectivity index (χ4v) is 2.88. The lowest BCUT2D eigenvalue weighted by Crippen LogP contribution is -2.14. The molecular weight excluding hydrogens is 370 g/mol. The van der Waals surface area contributed by atoms with Crippen LogP contribution in [0.2, 0.25) is 0 Å². The van der Waals surface area contributed by atoms with Crippen LogP contribution in [0.25, 0.3) is 0 Å². The minimum Gasteiger partial charge on any atom is -0.497 e. The summed E-state index contributed by atoms with van der Waals surface area (Å²) < 4.78 is 7.29. The monoisotopic (exact) mass is 383 g/mol. The predicted molar refractivity (Wildman–Crippen MR) is 85.5 cm³/mol. The van der Waals surface area contributed by atoms with E-state index < -0.39 is 0 Å². The average Bonchev–Trinajstić information content (AvgIpc) is 2.41. The third-order valence-corrected chi connectivity index (χ3v) is 4.16. The van der Waals surface area contributed by atoms with Crippen LogP contribution in [0.1, 0.15) is 17.2 Å². The first-order valence-electron chi connectivity index (χ1n) is 5.93. The van der Waals surface area contributed by atoms with Crippen molar-refractivity contribution in [3.63, 3.8) is 0 Å². The summed E-state index contributed by atoms with van der Waals surface area (Å²) in [6.07, 6.45) is 0.770. The van der Waals surface area contributed by atoms with E-state index in [4.69, 9.17) is 10.5 Å². The summed E-state index contributed by atoms with van der Waals surface area (Å²) in [4.78, 5) is 0. The molecule has 0 aliphatic carbocycles. The molecule has 0 saturated heterocycles. The van der Waals surface area contributed by atoms with Gasteiger partial charge < -0.3 is 10.5 Å². The molecule has 1 atom stereocenters. The van der Waals surface area contributed by atoms with Gasteiger partial charge >= 0.3 is 0 Å². The van der Waals surface area contributed by atoms with Gasteiger partial charge in [0.05, 0.1) is 7.11 Å². The highest BCUT2D eigenvalue weighted by Crippen LogP contribution is 2.28. The van der Waals surface area contributed by atoms with Crippen molar-refractivity contribution >= 4 is 31.9 Å². The fraction of sp³-hybridized carbons (Fsp3) is 0.200. The number of halogens is 2. The molecule has 100 valence electrons. The van der Waals surface area contributed by atoms with Crippen LogP contribution in [0.5, 0.6) is 5.75 Å². The van der Waals surface area contributed by atoms with Crippen molar-refractivity contribution < 1.29 is 4.74 Å². The third kappa shape index (κ3) is 3.81. The Labute approximate surface area is 130 Å². The topological polar surface area (TPSA) is 35.2 Å². The lowest BCUT2D eigenvalue weighted by Gasteiger charge is -2.15. The summed E-state index contributed by atoms with van der Waals surface area (Å²) in [5, 5.41) is 0. The zero-order valence-corrected chi connectivity index (χ0v) is 13.7. The van der Waals surface area contributed by atoms with Gasteiger partial charge in [-0.25, -0.2) is 0 Å². The molecule has 0 fully saturated rings. The van der Waals surface area contributed by atoms with Crippen molar-refractivity contribution in [2.45, 2.75) is 12.5 Å². The second-order valence-corrected chi connectivity index (χ2v) is 6.10. The third-order valence-electron chi connectivity index (χ3n) is 2.95. The Balaban J connectivity index is 2.20. The van der Waals surface area contributed by atoms with Crippen LogP contribution >= 0.6 is 31.9 Å². The highest BCUT2D eigenvalue weighted by Gasteiger charge is 2.11. The van der Waals surface area contributed by atoms with Crippen LogP contribution < -0.4 is 10.5 Å². The van der Waals surface area contributed by atoms with Gasteiger partial charge in [-0.1, -0.05) is 44.0 Å².